The largest absolute Gasteiger partial charge is 0.280 e. The second-order valence-electron chi connectivity index (χ2n) is 2.92. The Morgan fingerprint density at radius 2 is 2.27 bits per heavy atom. The Bertz CT molecular complexity index is 206. The van der Waals surface area contributed by atoms with Crippen LogP contribution in [0.3, 0.4) is 0 Å². The van der Waals surface area contributed by atoms with Crippen molar-refractivity contribution in [3.63, 3.8) is 0 Å². The standard InChI is InChI=1S/C8H11F2N/c1-5-3-6(2)11-7(4-5)8(9)10/h4-5,8H,3H2,1-2H3. The number of hydrogen-bond donors (Lipinski definition) is 0. The van der Waals surface area contributed by atoms with Gasteiger partial charge in [0.25, 0.3) is 6.43 Å². The van der Waals surface area contributed by atoms with E-state index in [2.05, 4.69) is 4.99 Å². The van der Waals surface area contributed by atoms with Crippen LogP contribution in [0.4, 0.5) is 8.78 Å². The van der Waals surface area contributed by atoms with Crippen LogP contribution in [-0.4, -0.2) is 12.1 Å². The Balaban J connectivity index is 2.78. The molecule has 0 spiro atoms. The van der Waals surface area contributed by atoms with Crippen LogP contribution in [0.5, 0.6) is 0 Å². The zero-order valence-corrected chi connectivity index (χ0v) is 6.64. The van der Waals surface area contributed by atoms with Gasteiger partial charge in [-0.1, -0.05) is 13.0 Å². The molecular formula is C8H11F2N. The minimum absolute atomic E-state index is 0.0683. The van der Waals surface area contributed by atoms with Gasteiger partial charge in [0.2, 0.25) is 0 Å². The molecule has 1 nitrogen and oxygen atoms in total. The summed E-state index contributed by atoms with van der Waals surface area (Å²) in [6, 6.07) is 0. The number of allylic oxidation sites excluding steroid dienone is 2. The molecule has 62 valence electrons. The average molecular weight is 159 g/mol. The van der Waals surface area contributed by atoms with Crippen LogP contribution in [-0.2, 0) is 0 Å². The normalized spacial score (nSPS) is 25.0. The highest BCUT2D eigenvalue weighted by molar-refractivity contribution is 5.84. The molecule has 0 radical (unpaired) electrons. The maximum Gasteiger partial charge on any atom is 0.280 e. The van der Waals surface area contributed by atoms with Gasteiger partial charge in [-0.05, 0) is 19.3 Å². The molecule has 1 atom stereocenters. The fraction of sp³-hybridized carbons (Fsp3) is 0.625. The second-order valence-corrected chi connectivity index (χ2v) is 2.92. The number of halogens is 2. The van der Waals surface area contributed by atoms with Gasteiger partial charge in [0, 0.05) is 5.71 Å². The van der Waals surface area contributed by atoms with Gasteiger partial charge in [0.05, 0.1) is 0 Å². The first-order valence-electron chi connectivity index (χ1n) is 3.63. The van der Waals surface area contributed by atoms with Crippen LogP contribution < -0.4 is 0 Å². The van der Waals surface area contributed by atoms with E-state index >= 15 is 0 Å². The van der Waals surface area contributed by atoms with Crippen LogP contribution in [0, 0.1) is 5.92 Å². The summed E-state index contributed by atoms with van der Waals surface area (Å²) in [5.41, 5.74) is 0.733. The van der Waals surface area contributed by atoms with Crippen LogP contribution >= 0.6 is 0 Å². The highest BCUT2D eigenvalue weighted by Gasteiger charge is 2.16. The second kappa shape index (κ2) is 3.11. The lowest BCUT2D eigenvalue weighted by Crippen LogP contribution is -2.10. The van der Waals surface area contributed by atoms with E-state index < -0.39 is 6.43 Å². The van der Waals surface area contributed by atoms with Crippen molar-refractivity contribution in [1.29, 1.82) is 0 Å². The number of aliphatic imine (C=N–C) groups is 1. The van der Waals surface area contributed by atoms with Crippen molar-refractivity contribution in [3.05, 3.63) is 11.8 Å². The van der Waals surface area contributed by atoms with Crippen LogP contribution in [0.1, 0.15) is 20.3 Å². The number of alkyl halides is 2. The highest BCUT2D eigenvalue weighted by Crippen LogP contribution is 2.21. The van der Waals surface area contributed by atoms with E-state index in [1.165, 1.54) is 6.08 Å². The van der Waals surface area contributed by atoms with Crippen molar-refractivity contribution >= 4 is 5.71 Å². The van der Waals surface area contributed by atoms with E-state index in [4.69, 9.17) is 0 Å². The smallest absolute Gasteiger partial charge is 0.257 e. The molecule has 0 bridgehead atoms. The first kappa shape index (κ1) is 8.37. The molecule has 0 amide bonds. The zero-order valence-electron chi connectivity index (χ0n) is 6.64. The SMILES string of the molecule is CC1=NC(C(F)F)=CC(C)C1. The van der Waals surface area contributed by atoms with Gasteiger partial charge in [0.1, 0.15) is 5.70 Å². The molecule has 1 aliphatic heterocycles. The van der Waals surface area contributed by atoms with Gasteiger partial charge in [-0.3, -0.25) is 4.99 Å². The summed E-state index contributed by atoms with van der Waals surface area (Å²) in [6.07, 6.45) is -0.0823. The quantitative estimate of drug-likeness (QED) is 0.557. The summed E-state index contributed by atoms with van der Waals surface area (Å²) < 4.78 is 24.2. The summed E-state index contributed by atoms with van der Waals surface area (Å²) in [4.78, 5) is 3.76. The molecule has 0 saturated carbocycles. The van der Waals surface area contributed by atoms with Gasteiger partial charge < -0.3 is 0 Å². The molecular weight excluding hydrogens is 148 g/mol. The third kappa shape index (κ3) is 2.10. The lowest BCUT2D eigenvalue weighted by molar-refractivity contribution is 0.186. The Hall–Kier alpha value is -0.730. The summed E-state index contributed by atoms with van der Waals surface area (Å²) in [5.74, 6) is 0.205. The van der Waals surface area contributed by atoms with Crippen molar-refractivity contribution in [3.8, 4) is 0 Å². The van der Waals surface area contributed by atoms with Gasteiger partial charge in [-0.25, -0.2) is 8.78 Å². The molecule has 1 aliphatic rings. The molecule has 0 fully saturated rings. The first-order valence-corrected chi connectivity index (χ1v) is 3.63. The third-order valence-electron chi connectivity index (χ3n) is 1.62. The molecule has 0 aromatic rings. The molecule has 0 saturated heterocycles. The van der Waals surface area contributed by atoms with Crippen LogP contribution in [0.2, 0.25) is 0 Å². The molecule has 1 unspecified atom stereocenters. The van der Waals surface area contributed by atoms with Crippen LogP contribution in [0.15, 0.2) is 16.8 Å². The van der Waals surface area contributed by atoms with Crippen molar-refractivity contribution in [2.75, 3.05) is 0 Å². The van der Waals surface area contributed by atoms with Gasteiger partial charge in [-0.15, -0.1) is 0 Å². The minimum Gasteiger partial charge on any atom is -0.257 e. The molecule has 1 rings (SSSR count). The maximum absolute atomic E-state index is 12.1. The van der Waals surface area contributed by atoms with Crippen LogP contribution in [0.25, 0.3) is 0 Å². The van der Waals surface area contributed by atoms with Crippen molar-refractivity contribution in [2.45, 2.75) is 26.7 Å². The Kier molecular flexibility index (Phi) is 2.37. The molecule has 1 heterocycles. The molecule has 0 aromatic heterocycles. The Morgan fingerprint density at radius 1 is 1.64 bits per heavy atom. The van der Waals surface area contributed by atoms with E-state index in [9.17, 15) is 8.78 Å². The van der Waals surface area contributed by atoms with Crippen molar-refractivity contribution in [2.24, 2.45) is 10.9 Å². The molecule has 11 heavy (non-hydrogen) atoms. The number of nitrogens with zero attached hydrogens (tertiary/aromatic N) is 1. The number of rotatable bonds is 1. The number of hydrogen-bond acceptors (Lipinski definition) is 1. The summed E-state index contributed by atoms with van der Waals surface area (Å²) in [5, 5.41) is 0. The molecule has 0 aliphatic carbocycles. The van der Waals surface area contributed by atoms with Crippen molar-refractivity contribution in [1.82, 2.24) is 0 Å². The van der Waals surface area contributed by atoms with E-state index in [0.717, 1.165) is 12.1 Å². The lowest BCUT2D eigenvalue weighted by Gasteiger charge is -2.14. The van der Waals surface area contributed by atoms with E-state index in [1.807, 2.05) is 6.92 Å². The Morgan fingerprint density at radius 3 is 2.73 bits per heavy atom. The fourth-order valence-electron chi connectivity index (χ4n) is 1.24. The summed E-state index contributed by atoms with van der Waals surface area (Å²) >= 11 is 0. The Labute approximate surface area is 64.8 Å². The van der Waals surface area contributed by atoms with E-state index in [1.54, 1.807) is 6.92 Å². The topological polar surface area (TPSA) is 12.4 Å². The van der Waals surface area contributed by atoms with Crippen molar-refractivity contribution < 1.29 is 8.78 Å². The fourth-order valence-corrected chi connectivity index (χ4v) is 1.24. The van der Waals surface area contributed by atoms with Gasteiger partial charge in [-0.2, -0.15) is 0 Å². The first-order chi connectivity index (χ1) is 5.09. The van der Waals surface area contributed by atoms with E-state index in [0.29, 0.717) is 0 Å². The third-order valence-corrected chi connectivity index (χ3v) is 1.62. The zero-order chi connectivity index (χ0) is 8.43. The predicted octanol–water partition coefficient (Wildman–Crippen LogP) is 2.64. The monoisotopic (exact) mass is 159 g/mol. The minimum atomic E-state index is -2.42. The van der Waals surface area contributed by atoms with E-state index in [-0.39, 0.29) is 11.6 Å². The average Bonchev–Trinajstić information content (AvgIpc) is 1.85. The summed E-state index contributed by atoms with van der Waals surface area (Å²) in [6.45, 7) is 3.70. The lowest BCUT2D eigenvalue weighted by atomic mass is 10.0. The molecule has 0 N–H and O–H groups in total. The van der Waals surface area contributed by atoms with Gasteiger partial charge >= 0.3 is 0 Å². The maximum atomic E-state index is 12.1. The highest BCUT2D eigenvalue weighted by atomic mass is 19.3. The summed E-state index contributed by atoms with van der Waals surface area (Å²) in [7, 11) is 0. The predicted molar refractivity (Wildman–Crippen MR) is 41.0 cm³/mol. The molecule has 0 aromatic carbocycles. The van der Waals surface area contributed by atoms with Gasteiger partial charge in [0.15, 0.2) is 0 Å². The molecule has 3 heteroatoms.